The van der Waals surface area contributed by atoms with Crippen molar-refractivity contribution in [2.24, 2.45) is 0 Å². The summed E-state index contributed by atoms with van der Waals surface area (Å²) >= 11 is 0. The standard InChI is InChI=1S/C28H38NO2P/c30-26-19-25(28(31)23-16-8-7-15-22(23)26)29-24-17-9-10-18-27(24)32(20-11-3-1-4-12-20)21-13-5-2-6-14-21/h7-8,15-16,19-21,24,27,29H,1-6,9-14,17-18H2. The highest BCUT2D eigenvalue weighted by atomic mass is 31.1. The van der Waals surface area contributed by atoms with Crippen molar-refractivity contribution in [3.63, 3.8) is 0 Å². The van der Waals surface area contributed by atoms with Crippen LogP contribution in [-0.4, -0.2) is 34.6 Å². The van der Waals surface area contributed by atoms with E-state index in [-0.39, 0.29) is 19.5 Å². The number of allylic oxidation sites excluding steroid dienone is 2. The molecule has 1 N–H and O–H groups in total. The van der Waals surface area contributed by atoms with Crippen molar-refractivity contribution in [1.29, 1.82) is 0 Å². The molecule has 1 aromatic rings. The first kappa shape index (κ1) is 22.3. The lowest BCUT2D eigenvalue weighted by Crippen LogP contribution is -2.45. The summed E-state index contributed by atoms with van der Waals surface area (Å²) in [6, 6.07) is 7.64. The Balaban J connectivity index is 1.40. The van der Waals surface area contributed by atoms with E-state index in [1.807, 2.05) is 12.1 Å². The summed E-state index contributed by atoms with van der Waals surface area (Å²) in [5.41, 5.74) is 4.21. The molecule has 0 aromatic heterocycles. The van der Waals surface area contributed by atoms with Crippen LogP contribution in [0.25, 0.3) is 0 Å². The second-order valence-electron chi connectivity index (χ2n) is 10.4. The zero-order valence-electron chi connectivity index (χ0n) is 19.4. The second-order valence-corrected chi connectivity index (χ2v) is 13.4. The fraction of sp³-hybridized carbons (Fsp3) is 0.643. The van der Waals surface area contributed by atoms with Crippen LogP contribution >= 0.6 is 7.92 Å². The van der Waals surface area contributed by atoms with Crippen molar-refractivity contribution < 1.29 is 9.59 Å². The van der Waals surface area contributed by atoms with Gasteiger partial charge in [0.25, 0.3) is 0 Å². The van der Waals surface area contributed by atoms with Gasteiger partial charge in [0.15, 0.2) is 5.78 Å². The summed E-state index contributed by atoms with van der Waals surface area (Å²) in [6.45, 7) is 0. The molecule has 0 spiro atoms. The van der Waals surface area contributed by atoms with Gasteiger partial charge in [0.05, 0.1) is 5.70 Å². The monoisotopic (exact) mass is 451 g/mol. The Bertz CT molecular complexity index is 848. The van der Waals surface area contributed by atoms with Crippen molar-refractivity contribution in [2.75, 3.05) is 0 Å². The Hall–Kier alpha value is -1.47. The molecule has 3 nitrogen and oxygen atoms in total. The minimum Gasteiger partial charge on any atom is -0.378 e. The maximum absolute atomic E-state index is 13.2. The van der Waals surface area contributed by atoms with E-state index in [4.69, 9.17) is 0 Å². The second kappa shape index (κ2) is 10.2. The number of carbonyl (C=O) groups is 2. The molecule has 4 aliphatic rings. The van der Waals surface area contributed by atoms with Crippen molar-refractivity contribution in [2.45, 2.75) is 113 Å². The molecule has 2 atom stereocenters. The van der Waals surface area contributed by atoms with E-state index in [0.29, 0.717) is 28.5 Å². The molecule has 3 saturated carbocycles. The van der Waals surface area contributed by atoms with E-state index < -0.39 is 0 Å². The van der Waals surface area contributed by atoms with E-state index in [2.05, 4.69) is 5.32 Å². The van der Waals surface area contributed by atoms with Gasteiger partial charge in [0.1, 0.15) is 0 Å². The molecule has 5 rings (SSSR count). The highest BCUT2D eigenvalue weighted by Crippen LogP contribution is 2.61. The van der Waals surface area contributed by atoms with Crippen molar-refractivity contribution in [3.8, 4) is 0 Å². The van der Waals surface area contributed by atoms with Crippen LogP contribution in [0, 0.1) is 0 Å². The van der Waals surface area contributed by atoms with Crippen LogP contribution in [-0.2, 0) is 0 Å². The molecular formula is C28H38NO2P. The number of ketones is 2. The predicted octanol–water partition coefficient (Wildman–Crippen LogP) is 7.00. The van der Waals surface area contributed by atoms with Crippen LogP contribution in [0.5, 0.6) is 0 Å². The van der Waals surface area contributed by atoms with Gasteiger partial charge >= 0.3 is 0 Å². The average molecular weight is 452 g/mol. The third-order valence-electron chi connectivity index (χ3n) is 8.40. The molecule has 0 saturated heterocycles. The number of fused-ring (bicyclic) bond motifs is 1. The predicted molar refractivity (Wildman–Crippen MR) is 133 cm³/mol. The van der Waals surface area contributed by atoms with Gasteiger partial charge in [0.2, 0.25) is 5.78 Å². The summed E-state index contributed by atoms with van der Waals surface area (Å²) < 4.78 is 0. The Kier molecular flexibility index (Phi) is 7.12. The van der Waals surface area contributed by atoms with Gasteiger partial charge in [-0.1, -0.05) is 83.6 Å². The van der Waals surface area contributed by atoms with Gasteiger partial charge in [-0.15, -0.1) is 0 Å². The largest absolute Gasteiger partial charge is 0.378 e. The highest BCUT2D eigenvalue weighted by Gasteiger charge is 2.41. The first-order valence-electron chi connectivity index (χ1n) is 13.2. The van der Waals surface area contributed by atoms with Crippen molar-refractivity contribution >= 4 is 19.5 Å². The molecule has 172 valence electrons. The first-order valence-corrected chi connectivity index (χ1v) is 14.7. The van der Waals surface area contributed by atoms with E-state index in [0.717, 1.165) is 17.7 Å². The molecular weight excluding hydrogens is 413 g/mol. The molecule has 0 amide bonds. The summed E-state index contributed by atoms with van der Waals surface area (Å²) in [5, 5.41) is 3.69. The van der Waals surface area contributed by atoms with Crippen LogP contribution in [0.15, 0.2) is 36.0 Å². The molecule has 1 aromatic carbocycles. The molecule has 4 aliphatic carbocycles. The van der Waals surface area contributed by atoms with Crippen LogP contribution in [0.3, 0.4) is 0 Å². The summed E-state index contributed by atoms with van der Waals surface area (Å²) in [6.07, 6.45) is 20.8. The minimum atomic E-state index is -0.0452. The number of rotatable bonds is 5. The topological polar surface area (TPSA) is 46.2 Å². The smallest absolute Gasteiger partial charge is 0.209 e. The zero-order chi connectivity index (χ0) is 21.9. The number of carbonyl (C=O) groups excluding carboxylic acids is 2. The lowest BCUT2D eigenvalue weighted by molar-refractivity contribution is 0.0975. The summed E-state index contributed by atoms with van der Waals surface area (Å²) in [7, 11) is -0.0452. The third kappa shape index (κ3) is 4.60. The van der Waals surface area contributed by atoms with E-state index in [9.17, 15) is 9.59 Å². The van der Waals surface area contributed by atoms with Gasteiger partial charge in [-0.3, -0.25) is 9.59 Å². The number of benzene rings is 1. The van der Waals surface area contributed by atoms with Gasteiger partial charge in [-0.2, -0.15) is 0 Å². The molecule has 0 heterocycles. The molecule has 32 heavy (non-hydrogen) atoms. The quantitative estimate of drug-likeness (QED) is 0.490. The SMILES string of the molecule is O=C1C=C(NC2CCCCC2P(C2CCCCC2)C2CCCCC2)C(=O)c2ccccc21. The fourth-order valence-electron chi connectivity index (χ4n) is 6.86. The Morgan fingerprint density at radius 2 is 1.25 bits per heavy atom. The normalized spacial score (nSPS) is 27.8. The van der Waals surface area contributed by atoms with Gasteiger partial charge in [0, 0.05) is 23.2 Å². The number of Topliss-reactive ketones (excluding diaryl/α,β-unsaturated/α-hetero) is 1. The first-order chi connectivity index (χ1) is 15.7. The minimum absolute atomic E-state index is 0.00387. The van der Waals surface area contributed by atoms with E-state index in [1.165, 1.54) is 83.5 Å². The molecule has 3 fully saturated rings. The lowest BCUT2D eigenvalue weighted by Gasteiger charge is -2.47. The van der Waals surface area contributed by atoms with Gasteiger partial charge in [-0.05, 0) is 55.5 Å². The maximum Gasteiger partial charge on any atom is 0.209 e. The fourth-order valence-corrected chi connectivity index (χ4v) is 11.6. The average Bonchev–Trinajstić information content (AvgIpc) is 2.85. The lowest BCUT2D eigenvalue weighted by atomic mass is 9.90. The highest BCUT2D eigenvalue weighted by molar-refractivity contribution is 7.60. The van der Waals surface area contributed by atoms with E-state index in [1.54, 1.807) is 18.2 Å². The molecule has 0 bridgehead atoms. The van der Waals surface area contributed by atoms with Crippen molar-refractivity contribution in [1.82, 2.24) is 5.32 Å². The summed E-state index contributed by atoms with van der Waals surface area (Å²) in [4.78, 5) is 26.0. The van der Waals surface area contributed by atoms with Gasteiger partial charge < -0.3 is 5.32 Å². The Morgan fingerprint density at radius 1 is 0.688 bits per heavy atom. The molecule has 4 heteroatoms. The maximum atomic E-state index is 13.2. The summed E-state index contributed by atoms with van der Waals surface area (Å²) in [5.74, 6) is -0.0268. The van der Waals surface area contributed by atoms with E-state index >= 15 is 0 Å². The van der Waals surface area contributed by atoms with Crippen LogP contribution in [0.1, 0.15) is 111 Å². The van der Waals surface area contributed by atoms with Crippen LogP contribution in [0.2, 0.25) is 0 Å². The van der Waals surface area contributed by atoms with Crippen LogP contribution in [0.4, 0.5) is 0 Å². The molecule has 0 radical (unpaired) electrons. The Labute approximate surface area is 194 Å². The number of nitrogens with one attached hydrogen (secondary N) is 1. The number of hydrogen-bond acceptors (Lipinski definition) is 3. The number of hydrogen-bond donors (Lipinski definition) is 1. The molecule has 2 unspecified atom stereocenters. The Morgan fingerprint density at radius 3 is 1.91 bits per heavy atom. The van der Waals surface area contributed by atoms with Crippen molar-refractivity contribution in [3.05, 3.63) is 47.2 Å². The van der Waals surface area contributed by atoms with Crippen LogP contribution < -0.4 is 5.32 Å². The zero-order valence-corrected chi connectivity index (χ0v) is 20.3. The molecule has 0 aliphatic heterocycles. The van der Waals surface area contributed by atoms with Gasteiger partial charge in [-0.25, -0.2) is 0 Å². The third-order valence-corrected chi connectivity index (χ3v) is 12.5.